The Morgan fingerprint density at radius 3 is 2.95 bits per heavy atom. The minimum atomic E-state index is 0.0978. The maximum absolute atomic E-state index is 8.80. The summed E-state index contributed by atoms with van der Waals surface area (Å²) in [6.45, 7) is 3.74. The third-order valence-corrected chi connectivity index (χ3v) is 4.10. The molecule has 0 spiro atoms. The van der Waals surface area contributed by atoms with Crippen LogP contribution in [0.15, 0.2) is 35.2 Å². The Labute approximate surface area is 122 Å². The van der Waals surface area contributed by atoms with Crippen molar-refractivity contribution in [1.82, 2.24) is 4.98 Å². The van der Waals surface area contributed by atoms with Crippen molar-refractivity contribution in [2.45, 2.75) is 19.1 Å². The lowest BCUT2D eigenvalue weighted by Gasteiger charge is -2.37. The number of nitrogens with zero attached hydrogens (tertiary/aromatic N) is 3. The second kappa shape index (κ2) is 5.61. The number of hydrogen-bond acceptors (Lipinski definition) is 5. The Morgan fingerprint density at radius 1 is 1.40 bits per heavy atom. The molecule has 0 amide bonds. The zero-order chi connectivity index (χ0) is 13.9. The molecular weight excluding hydrogens is 270 g/mol. The summed E-state index contributed by atoms with van der Waals surface area (Å²) in [5.41, 5.74) is 2.72. The highest BCUT2D eigenvalue weighted by atomic mass is 32.1. The number of ether oxygens (including phenoxy) is 1. The average molecular weight is 285 g/mol. The van der Waals surface area contributed by atoms with Gasteiger partial charge >= 0.3 is 0 Å². The highest BCUT2D eigenvalue weighted by Gasteiger charge is 2.27. The van der Waals surface area contributed by atoms with Crippen molar-refractivity contribution in [3.05, 3.63) is 46.4 Å². The maximum atomic E-state index is 8.80. The number of nitriles is 1. The van der Waals surface area contributed by atoms with Gasteiger partial charge in [0.15, 0.2) is 0 Å². The predicted molar refractivity (Wildman–Crippen MR) is 78.8 cm³/mol. The monoisotopic (exact) mass is 285 g/mol. The van der Waals surface area contributed by atoms with E-state index in [1.807, 2.05) is 12.1 Å². The van der Waals surface area contributed by atoms with Gasteiger partial charge in [-0.1, -0.05) is 0 Å². The maximum Gasteiger partial charge on any atom is 0.140 e. The molecule has 1 fully saturated rings. The topological polar surface area (TPSA) is 49.2 Å². The van der Waals surface area contributed by atoms with Crippen molar-refractivity contribution in [3.63, 3.8) is 0 Å². The fourth-order valence-electron chi connectivity index (χ4n) is 2.44. The van der Waals surface area contributed by atoms with Crippen LogP contribution in [0, 0.1) is 11.3 Å². The summed E-state index contributed by atoms with van der Waals surface area (Å²) in [6.07, 6.45) is 2.03. The van der Waals surface area contributed by atoms with Crippen molar-refractivity contribution < 1.29 is 4.74 Å². The Bertz CT molecular complexity index is 603. The quantitative estimate of drug-likeness (QED) is 0.851. The van der Waals surface area contributed by atoms with Crippen molar-refractivity contribution in [3.8, 4) is 6.07 Å². The van der Waals surface area contributed by atoms with Gasteiger partial charge in [0.05, 0.1) is 18.0 Å². The minimum Gasteiger partial charge on any atom is -0.367 e. The normalized spacial score (nSPS) is 22.5. The first-order valence-electron chi connectivity index (χ1n) is 6.55. The van der Waals surface area contributed by atoms with Crippen LogP contribution in [0.2, 0.25) is 0 Å². The van der Waals surface area contributed by atoms with Gasteiger partial charge in [0.25, 0.3) is 0 Å². The molecule has 3 rings (SSSR count). The van der Waals surface area contributed by atoms with E-state index in [9.17, 15) is 0 Å². The summed E-state index contributed by atoms with van der Waals surface area (Å²) < 4.78 is 6.02. The molecule has 0 aromatic carbocycles. The highest BCUT2D eigenvalue weighted by molar-refractivity contribution is 7.07. The number of pyridine rings is 1. The van der Waals surface area contributed by atoms with Crippen LogP contribution < -0.4 is 4.90 Å². The molecule has 20 heavy (non-hydrogen) atoms. The second-order valence-corrected chi connectivity index (χ2v) is 5.69. The van der Waals surface area contributed by atoms with Gasteiger partial charge in [0.2, 0.25) is 0 Å². The summed E-state index contributed by atoms with van der Waals surface area (Å²) in [4.78, 5) is 6.41. The molecule has 4 nitrogen and oxygen atoms in total. The van der Waals surface area contributed by atoms with Gasteiger partial charge in [-0.15, -0.1) is 0 Å². The molecule has 1 saturated heterocycles. The summed E-state index contributed by atoms with van der Waals surface area (Å²) in [5, 5.41) is 13.0. The number of morpholine rings is 1. The lowest BCUT2D eigenvalue weighted by molar-refractivity contribution is -0.0171. The average Bonchev–Trinajstić information content (AvgIpc) is 3.01. The van der Waals surface area contributed by atoms with Crippen LogP contribution in [-0.2, 0) is 4.74 Å². The van der Waals surface area contributed by atoms with Gasteiger partial charge in [-0.2, -0.15) is 16.6 Å². The Hall–Kier alpha value is -1.90. The van der Waals surface area contributed by atoms with Crippen molar-refractivity contribution >= 4 is 17.0 Å². The van der Waals surface area contributed by atoms with Gasteiger partial charge in [-0.05, 0) is 41.4 Å². The van der Waals surface area contributed by atoms with E-state index in [1.54, 1.807) is 23.6 Å². The number of thiophene rings is 1. The smallest absolute Gasteiger partial charge is 0.140 e. The molecule has 1 aliphatic rings. The first kappa shape index (κ1) is 13.1. The van der Waals surface area contributed by atoms with E-state index in [1.165, 1.54) is 5.56 Å². The zero-order valence-electron chi connectivity index (χ0n) is 11.2. The Morgan fingerprint density at radius 2 is 2.30 bits per heavy atom. The van der Waals surface area contributed by atoms with Crippen LogP contribution in [0.4, 0.5) is 5.69 Å². The summed E-state index contributed by atoms with van der Waals surface area (Å²) in [7, 11) is 0. The summed E-state index contributed by atoms with van der Waals surface area (Å²) in [5.74, 6) is 0. The largest absolute Gasteiger partial charge is 0.367 e. The fraction of sp³-hybridized carbons (Fsp3) is 0.333. The Balaban J connectivity index is 1.80. The highest BCUT2D eigenvalue weighted by Crippen LogP contribution is 2.29. The van der Waals surface area contributed by atoms with Crippen LogP contribution in [0.25, 0.3) is 0 Å². The van der Waals surface area contributed by atoms with E-state index in [-0.39, 0.29) is 12.2 Å². The van der Waals surface area contributed by atoms with Crippen LogP contribution in [0.5, 0.6) is 0 Å². The molecule has 2 atom stereocenters. The minimum absolute atomic E-state index is 0.0978. The van der Waals surface area contributed by atoms with Gasteiger partial charge in [-0.3, -0.25) is 0 Å². The molecule has 1 aliphatic heterocycles. The van der Waals surface area contributed by atoms with E-state index < -0.39 is 0 Å². The molecule has 2 aromatic heterocycles. The molecule has 2 aromatic rings. The third kappa shape index (κ3) is 2.67. The number of rotatable bonds is 2. The third-order valence-electron chi connectivity index (χ3n) is 3.40. The van der Waals surface area contributed by atoms with Gasteiger partial charge in [0, 0.05) is 13.1 Å². The van der Waals surface area contributed by atoms with E-state index in [4.69, 9.17) is 10.00 Å². The van der Waals surface area contributed by atoms with Crippen LogP contribution in [0.1, 0.15) is 24.3 Å². The van der Waals surface area contributed by atoms with Crippen molar-refractivity contribution in [2.24, 2.45) is 0 Å². The van der Waals surface area contributed by atoms with Crippen LogP contribution in [-0.4, -0.2) is 24.2 Å². The number of aromatic nitrogens is 1. The number of hydrogen-bond donors (Lipinski definition) is 0. The first-order valence-corrected chi connectivity index (χ1v) is 7.49. The second-order valence-electron chi connectivity index (χ2n) is 4.91. The molecule has 0 saturated carbocycles. The van der Waals surface area contributed by atoms with E-state index in [0.717, 1.165) is 18.8 Å². The van der Waals surface area contributed by atoms with Crippen LogP contribution >= 0.6 is 11.3 Å². The fourth-order valence-corrected chi connectivity index (χ4v) is 3.15. The zero-order valence-corrected chi connectivity index (χ0v) is 12.0. The molecule has 0 bridgehead atoms. The van der Waals surface area contributed by atoms with E-state index in [2.05, 4.69) is 33.6 Å². The van der Waals surface area contributed by atoms with Gasteiger partial charge in [-0.25, -0.2) is 4.98 Å². The molecule has 5 heteroatoms. The standard InChI is InChI=1S/C15H15N3OS/c1-11-8-18(14-3-2-13(6-16)17-7-14)9-15(19-11)12-4-5-20-10-12/h2-5,7,10-11,15H,8-9H2,1H3/t11-,15-/m0/s1. The van der Waals surface area contributed by atoms with Gasteiger partial charge < -0.3 is 9.64 Å². The molecule has 0 unspecified atom stereocenters. The van der Waals surface area contributed by atoms with Crippen LogP contribution in [0.3, 0.4) is 0 Å². The van der Waals surface area contributed by atoms with Crippen molar-refractivity contribution in [1.29, 1.82) is 5.26 Å². The summed E-state index contributed by atoms with van der Waals surface area (Å²) >= 11 is 1.69. The number of anilines is 1. The Kier molecular flexibility index (Phi) is 3.68. The molecule has 0 radical (unpaired) electrons. The molecule has 102 valence electrons. The van der Waals surface area contributed by atoms with Gasteiger partial charge in [0.1, 0.15) is 17.9 Å². The SMILES string of the molecule is C[C@H]1CN(c2ccc(C#N)nc2)C[C@@H](c2ccsc2)O1. The molecule has 3 heterocycles. The van der Waals surface area contributed by atoms with Crippen molar-refractivity contribution in [2.75, 3.05) is 18.0 Å². The first-order chi connectivity index (χ1) is 9.76. The predicted octanol–water partition coefficient (Wildman–Crippen LogP) is 2.98. The molecular formula is C15H15N3OS. The van der Waals surface area contributed by atoms with E-state index in [0.29, 0.717) is 5.69 Å². The molecule has 0 aliphatic carbocycles. The summed E-state index contributed by atoms with van der Waals surface area (Å²) in [6, 6.07) is 7.87. The lowest BCUT2D eigenvalue weighted by Crippen LogP contribution is -2.42. The molecule has 0 N–H and O–H groups in total. The lowest BCUT2D eigenvalue weighted by atomic mass is 10.1. The van der Waals surface area contributed by atoms with E-state index >= 15 is 0 Å².